The highest BCUT2D eigenvalue weighted by Gasteiger charge is 2.11. The number of benzene rings is 1. The number of carbonyl (C=O) groups is 1. The fraction of sp³-hybridized carbons (Fsp3) is 0.417. The summed E-state index contributed by atoms with van der Waals surface area (Å²) in [5, 5.41) is 2.87. The largest absolute Gasteiger partial charge is 0.352 e. The lowest BCUT2D eigenvalue weighted by molar-refractivity contribution is -0.122. The Kier molecular flexibility index (Phi) is 4.96. The van der Waals surface area contributed by atoms with Crippen molar-refractivity contribution in [1.29, 1.82) is 0 Å². The quantitative estimate of drug-likeness (QED) is 0.887. The highest BCUT2D eigenvalue weighted by atomic mass is 79.9. The van der Waals surface area contributed by atoms with Gasteiger partial charge in [-0.05, 0) is 38.0 Å². The maximum atomic E-state index is 11.4. The van der Waals surface area contributed by atoms with Crippen LogP contribution in [0.4, 0.5) is 0 Å². The summed E-state index contributed by atoms with van der Waals surface area (Å²) >= 11 is 3.42. The normalized spacial score (nSPS) is 14.2. The number of nitrogens with one attached hydrogen (secondary N) is 1. The van der Waals surface area contributed by atoms with Gasteiger partial charge in [0.1, 0.15) is 0 Å². The van der Waals surface area contributed by atoms with E-state index in [1.54, 1.807) is 6.92 Å². The third kappa shape index (κ3) is 4.33. The summed E-state index contributed by atoms with van der Waals surface area (Å²) in [7, 11) is 0. The molecule has 0 bridgehead atoms. The molecule has 3 N–H and O–H groups in total. The lowest BCUT2D eigenvalue weighted by atomic mass is 10.1. The van der Waals surface area contributed by atoms with Crippen LogP contribution in [-0.4, -0.2) is 18.0 Å². The Morgan fingerprint density at radius 2 is 2.19 bits per heavy atom. The van der Waals surface area contributed by atoms with Crippen molar-refractivity contribution in [2.24, 2.45) is 5.73 Å². The summed E-state index contributed by atoms with van der Waals surface area (Å²) in [6.07, 6.45) is 0.803. The molecular formula is C12H17BrN2O. The van der Waals surface area contributed by atoms with E-state index in [4.69, 9.17) is 5.73 Å². The van der Waals surface area contributed by atoms with Crippen LogP contribution in [0, 0.1) is 0 Å². The van der Waals surface area contributed by atoms with Gasteiger partial charge in [0.2, 0.25) is 5.91 Å². The maximum absolute atomic E-state index is 11.4. The van der Waals surface area contributed by atoms with Crippen LogP contribution >= 0.6 is 15.9 Å². The molecule has 0 spiro atoms. The number of rotatable bonds is 4. The summed E-state index contributed by atoms with van der Waals surface area (Å²) in [4.78, 5) is 11.4. The van der Waals surface area contributed by atoms with Crippen LogP contribution in [0.3, 0.4) is 0 Å². The minimum Gasteiger partial charge on any atom is -0.352 e. The Balaban J connectivity index is 2.51. The number of amides is 1. The van der Waals surface area contributed by atoms with Gasteiger partial charge in [-0.2, -0.15) is 0 Å². The number of halogens is 1. The molecule has 0 saturated heterocycles. The molecule has 0 heterocycles. The van der Waals surface area contributed by atoms with E-state index < -0.39 is 6.04 Å². The fourth-order valence-corrected chi connectivity index (χ4v) is 1.89. The minimum atomic E-state index is -0.454. The Morgan fingerprint density at radius 3 is 2.75 bits per heavy atom. The van der Waals surface area contributed by atoms with Crippen LogP contribution in [0.1, 0.15) is 19.4 Å². The van der Waals surface area contributed by atoms with E-state index >= 15 is 0 Å². The van der Waals surface area contributed by atoms with Gasteiger partial charge < -0.3 is 11.1 Å². The Morgan fingerprint density at radius 1 is 1.50 bits per heavy atom. The van der Waals surface area contributed by atoms with Crippen LogP contribution in [0.15, 0.2) is 28.7 Å². The summed E-state index contributed by atoms with van der Waals surface area (Å²) in [5.41, 5.74) is 6.67. The zero-order valence-corrected chi connectivity index (χ0v) is 11.1. The van der Waals surface area contributed by atoms with Crippen LogP contribution in [-0.2, 0) is 11.2 Å². The predicted molar refractivity (Wildman–Crippen MR) is 69.1 cm³/mol. The van der Waals surface area contributed by atoms with Gasteiger partial charge in [-0.1, -0.05) is 28.1 Å². The second-order valence-corrected chi connectivity index (χ2v) is 4.95. The van der Waals surface area contributed by atoms with E-state index in [1.807, 2.05) is 25.1 Å². The lowest BCUT2D eigenvalue weighted by Gasteiger charge is -2.15. The molecule has 0 aliphatic rings. The van der Waals surface area contributed by atoms with E-state index in [1.165, 1.54) is 5.56 Å². The smallest absolute Gasteiger partial charge is 0.236 e. The van der Waals surface area contributed by atoms with Gasteiger partial charge in [0.25, 0.3) is 0 Å². The van der Waals surface area contributed by atoms with E-state index in [9.17, 15) is 4.79 Å². The van der Waals surface area contributed by atoms with Crippen molar-refractivity contribution in [3.63, 3.8) is 0 Å². The average Bonchev–Trinajstić information content (AvgIpc) is 2.16. The SMILES string of the molecule is CC(Cc1cccc(Br)c1)NC(=O)[C@@H](C)N. The zero-order chi connectivity index (χ0) is 12.1. The molecule has 0 aliphatic carbocycles. The highest BCUT2D eigenvalue weighted by molar-refractivity contribution is 9.10. The molecule has 0 radical (unpaired) electrons. The molecule has 1 aromatic rings. The summed E-state index contributed by atoms with van der Waals surface area (Å²) in [6.45, 7) is 3.66. The highest BCUT2D eigenvalue weighted by Crippen LogP contribution is 2.12. The zero-order valence-electron chi connectivity index (χ0n) is 9.53. The monoisotopic (exact) mass is 284 g/mol. The Hall–Kier alpha value is -0.870. The van der Waals surface area contributed by atoms with Crippen LogP contribution in [0.25, 0.3) is 0 Å². The average molecular weight is 285 g/mol. The molecule has 88 valence electrons. The molecule has 1 unspecified atom stereocenters. The first kappa shape index (κ1) is 13.2. The number of nitrogens with two attached hydrogens (primary N) is 1. The molecule has 1 amide bonds. The van der Waals surface area contributed by atoms with Gasteiger partial charge in [-0.15, -0.1) is 0 Å². The van der Waals surface area contributed by atoms with E-state index in [-0.39, 0.29) is 11.9 Å². The third-order valence-corrected chi connectivity index (χ3v) is 2.73. The lowest BCUT2D eigenvalue weighted by Crippen LogP contribution is -2.43. The van der Waals surface area contributed by atoms with Crippen LogP contribution in [0.2, 0.25) is 0 Å². The maximum Gasteiger partial charge on any atom is 0.236 e. The summed E-state index contributed by atoms with van der Waals surface area (Å²) < 4.78 is 1.05. The van der Waals surface area contributed by atoms with Crippen molar-refractivity contribution >= 4 is 21.8 Å². The molecule has 0 fully saturated rings. The molecule has 16 heavy (non-hydrogen) atoms. The molecule has 1 rings (SSSR count). The standard InChI is InChI=1S/C12H17BrN2O/c1-8(15-12(16)9(2)14)6-10-4-3-5-11(13)7-10/h3-5,7-9H,6,14H2,1-2H3,(H,15,16)/t8?,9-/m1/s1. The summed E-state index contributed by atoms with van der Waals surface area (Å²) in [6, 6.07) is 7.69. The van der Waals surface area contributed by atoms with Gasteiger partial charge >= 0.3 is 0 Å². The molecule has 0 saturated carbocycles. The van der Waals surface area contributed by atoms with Gasteiger partial charge in [-0.25, -0.2) is 0 Å². The molecule has 2 atom stereocenters. The first-order valence-electron chi connectivity index (χ1n) is 5.29. The van der Waals surface area contributed by atoms with E-state index in [0.29, 0.717) is 0 Å². The fourth-order valence-electron chi connectivity index (χ4n) is 1.44. The second-order valence-electron chi connectivity index (χ2n) is 4.03. The molecule has 1 aromatic carbocycles. The van der Waals surface area contributed by atoms with Gasteiger partial charge in [-0.3, -0.25) is 4.79 Å². The predicted octanol–water partition coefficient (Wildman–Crippen LogP) is 1.84. The Bertz CT molecular complexity index is 366. The van der Waals surface area contributed by atoms with Crippen LogP contribution < -0.4 is 11.1 Å². The van der Waals surface area contributed by atoms with Gasteiger partial charge in [0, 0.05) is 10.5 Å². The van der Waals surface area contributed by atoms with Crippen molar-refractivity contribution in [2.45, 2.75) is 32.4 Å². The first-order valence-corrected chi connectivity index (χ1v) is 6.08. The molecule has 3 nitrogen and oxygen atoms in total. The summed E-state index contributed by atoms with van der Waals surface area (Å²) in [5.74, 6) is -0.109. The van der Waals surface area contributed by atoms with Crippen molar-refractivity contribution in [1.82, 2.24) is 5.32 Å². The third-order valence-electron chi connectivity index (χ3n) is 2.23. The second kappa shape index (κ2) is 6.01. The van der Waals surface area contributed by atoms with E-state index in [0.717, 1.165) is 10.9 Å². The van der Waals surface area contributed by atoms with Crippen molar-refractivity contribution < 1.29 is 4.79 Å². The molecule has 4 heteroatoms. The van der Waals surface area contributed by atoms with Crippen molar-refractivity contribution in [2.75, 3.05) is 0 Å². The number of hydrogen-bond donors (Lipinski definition) is 2. The molecular weight excluding hydrogens is 268 g/mol. The van der Waals surface area contributed by atoms with E-state index in [2.05, 4.69) is 27.3 Å². The number of hydrogen-bond acceptors (Lipinski definition) is 2. The molecule has 0 aromatic heterocycles. The van der Waals surface area contributed by atoms with Crippen LogP contribution in [0.5, 0.6) is 0 Å². The van der Waals surface area contributed by atoms with Crippen molar-refractivity contribution in [3.05, 3.63) is 34.3 Å². The first-order chi connectivity index (χ1) is 7.49. The van der Waals surface area contributed by atoms with Gasteiger partial charge in [0.15, 0.2) is 0 Å². The Labute approximate surface area is 105 Å². The topological polar surface area (TPSA) is 55.1 Å². The van der Waals surface area contributed by atoms with Gasteiger partial charge in [0.05, 0.1) is 6.04 Å². The molecule has 0 aliphatic heterocycles. The minimum absolute atomic E-state index is 0.0906. The van der Waals surface area contributed by atoms with Crippen molar-refractivity contribution in [3.8, 4) is 0 Å². The number of carbonyl (C=O) groups excluding carboxylic acids is 1.